The standard InChI is InChI=1S/C39H43Br2N3O8.3H2S/c1-49-36-22(7-3-4-16-45)17-31(40)38(43-36)51-33-14-12-27-25(8-5-10-29(27)33)26-9-6-11-30-28(26)13-15-34(30)52-39-32(41)18-23(37(44-39)50-2)20-42-21-24(46)19-35(47)48;;;/h5-6,8-11,17-18,24,33-34,42,45-46H,3-4,7,12-16,19-21H2,1-2H3,(H,47,48);3*1H2/t24-,33-,34-;;;/m0.../s1. The molecule has 6 rings (SSSR count). The van der Waals surface area contributed by atoms with E-state index >= 15 is 0 Å². The molecule has 4 N–H and O–H groups in total. The second-order valence-corrected chi connectivity index (χ2v) is 14.7. The van der Waals surface area contributed by atoms with Crippen molar-refractivity contribution in [3.8, 4) is 34.6 Å². The summed E-state index contributed by atoms with van der Waals surface area (Å²) >= 11 is 7.29. The van der Waals surface area contributed by atoms with Gasteiger partial charge in [0, 0.05) is 30.8 Å². The van der Waals surface area contributed by atoms with Gasteiger partial charge in [-0.05, 0) is 122 Å². The number of benzene rings is 2. The third-order valence-electron chi connectivity index (χ3n) is 9.54. The lowest BCUT2D eigenvalue weighted by molar-refractivity contribution is -0.139. The van der Waals surface area contributed by atoms with Crippen LogP contribution in [0.2, 0.25) is 0 Å². The molecule has 0 saturated heterocycles. The predicted octanol–water partition coefficient (Wildman–Crippen LogP) is 7.40. The molecule has 2 heterocycles. The summed E-state index contributed by atoms with van der Waals surface area (Å²) in [6, 6.07) is 16.7. The number of methoxy groups -OCH3 is 2. The first-order valence-corrected chi connectivity index (χ1v) is 19.0. The van der Waals surface area contributed by atoms with Crippen LogP contribution in [0.15, 0.2) is 57.5 Å². The quantitative estimate of drug-likeness (QED) is 0.0785. The van der Waals surface area contributed by atoms with Crippen molar-refractivity contribution in [1.29, 1.82) is 0 Å². The Hall–Kier alpha value is -2.70. The van der Waals surface area contributed by atoms with Gasteiger partial charge in [0.1, 0.15) is 12.2 Å². The molecule has 3 atom stereocenters. The number of rotatable bonds is 17. The summed E-state index contributed by atoms with van der Waals surface area (Å²) in [6.07, 6.45) is 4.02. The second kappa shape index (κ2) is 21.7. The smallest absolute Gasteiger partial charge is 0.306 e. The molecular weight excluding hydrogens is 894 g/mol. The number of pyridine rings is 2. The van der Waals surface area contributed by atoms with Crippen molar-refractivity contribution < 1.29 is 39.1 Å². The topological polar surface area (TPSA) is 152 Å². The van der Waals surface area contributed by atoms with Gasteiger partial charge in [-0.25, -0.2) is 0 Å². The summed E-state index contributed by atoms with van der Waals surface area (Å²) in [7, 11) is 3.16. The van der Waals surface area contributed by atoms with E-state index in [-0.39, 0.29) is 72.3 Å². The van der Waals surface area contributed by atoms with Crippen molar-refractivity contribution in [3.63, 3.8) is 0 Å². The van der Waals surface area contributed by atoms with Crippen molar-refractivity contribution in [1.82, 2.24) is 15.3 Å². The number of halogens is 2. The molecule has 2 aromatic heterocycles. The highest BCUT2D eigenvalue weighted by molar-refractivity contribution is 9.10. The van der Waals surface area contributed by atoms with E-state index in [1.165, 1.54) is 29.4 Å². The number of carbonyl (C=O) groups is 1. The third-order valence-corrected chi connectivity index (χ3v) is 10.7. The van der Waals surface area contributed by atoms with Gasteiger partial charge in [0.15, 0.2) is 0 Å². The summed E-state index contributed by atoms with van der Waals surface area (Å²) in [6.45, 7) is 0.611. The molecule has 16 heteroatoms. The maximum atomic E-state index is 10.9. The van der Waals surface area contributed by atoms with Gasteiger partial charge in [0.2, 0.25) is 23.5 Å². The van der Waals surface area contributed by atoms with Crippen molar-refractivity contribution in [3.05, 3.63) is 90.9 Å². The van der Waals surface area contributed by atoms with E-state index in [0.29, 0.717) is 34.5 Å². The molecule has 0 fully saturated rings. The number of aliphatic carboxylic acids is 1. The van der Waals surface area contributed by atoms with Gasteiger partial charge in [-0.3, -0.25) is 4.79 Å². The Morgan fingerprint density at radius 1 is 0.818 bits per heavy atom. The first-order valence-electron chi connectivity index (χ1n) is 17.5. The van der Waals surface area contributed by atoms with Crippen molar-refractivity contribution in [2.75, 3.05) is 27.4 Å². The number of ether oxygens (including phenoxy) is 4. The van der Waals surface area contributed by atoms with E-state index in [1.807, 2.05) is 12.1 Å². The van der Waals surface area contributed by atoms with Crippen LogP contribution in [0, 0.1) is 0 Å². The third kappa shape index (κ3) is 11.0. The number of hydrogen-bond acceptors (Lipinski definition) is 10. The molecule has 0 radical (unpaired) electrons. The van der Waals surface area contributed by atoms with Crippen LogP contribution in [0.4, 0.5) is 0 Å². The summed E-state index contributed by atoms with van der Waals surface area (Å²) in [5, 5.41) is 31.0. The Morgan fingerprint density at radius 3 is 1.82 bits per heavy atom. The first kappa shape index (κ1) is 46.7. The fraction of sp³-hybridized carbons (Fsp3) is 0.410. The van der Waals surface area contributed by atoms with Gasteiger partial charge in [-0.1, -0.05) is 36.4 Å². The molecule has 300 valence electrons. The summed E-state index contributed by atoms with van der Waals surface area (Å²) in [5.74, 6) is 0.796. The number of nitrogens with zero attached hydrogens (tertiary/aromatic N) is 2. The number of carboxylic acids is 1. The number of unbranched alkanes of at least 4 members (excludes halogenated alkanes) is 1. The fourth-order valence-corrected chi connectivity index (χ4v) is 8.06. The molecule has 0 saturated carbocycles. The Labute approximate surface area is 359 Å². The zero-order valence-electron chi connectivity index (χ0n) is 30.7. The molecule has 0 amide bonds. The van der Waals surface area contributed by atoms with E-state index in [0.717, 1.165) is 71.7 Å². The summed E-state index contributed by atoms with van der Waals surface area (Å²) in [4.78, 5) is 20.2. The van der Waals surface area contributed by atoms with Crippen LogP contribution in [0.1, 0.15) is 77.7 Å². The minimum atomic E-state index is -1.05. The average molecular weight is 944 g/mol. The number of carboxylic acid groups (broad SMARTS) is 1. The van der Waals surface area contributed by atoms with Gasteiger partial charge in [-0.15, -0.1) is 0 Å². The number of aryl methyl sites for hydroxylation is 1. The number of aliphatic hydroxyl groups excluding tert-OH is 2. The molecular formula is C39H49Br2N3O8S3. The zero-order chi connectivity index (χ0) is 36.8. The molecule has 2 aromatic carbocycles. The highest BCUT2D eigenvalue weighted by Crippen LogP contribution is 2.46. The molecule has 0 unspecified atom stereocenters. The maximum absolute atomic E-state index is 10.9. The van der Waals surface area contributed by atoms with Gasteiger partial charge >= 0.3 is 5.97 Å². The van der Waals surface area contributed by atoms with Crippen molar-refractivity contribution in [2.24, 2.45) is 0 Å². The largest absolute Gasteiger partial charge is 0.481 e. The van der Waals surface area contributed by atoms with Crippen LogP contribution in [0.3, 0.4) is 0 Å². The minimum Gasteiger partial charge on any atom is -0.481 e. The number of hydrogen-bond donors (Lipinski definition) is 4. The fourth-order valence-electron chi connectivity index (χ4n) is 7.14. The number of aromatic nitrogens is 2. The van der Waals surface area contributed by atoms with Crippen LogP contribution >= 0.6 is 72.3 Å². The van der Waals surface area contributed by atoms with Crippen molar-refractivity contribution in [2.45, 2.75) is 76.2 Å². The lowest BCUT2D eigenvalue weighted by atomic mass is 9.91. The Balaban J connectivity index is 0.00000271. The zero-order valence-corrected chi connectivity index (χ0v) is 36.8. The van der Waals surface area contributed by atoms with Gasteiger partial charge < -0.3 is 39.6 Å². The molecule has 2 aliphatic rings. The molecule has 2 aliphatic carbocycles. The number of aliphatic hydroxyl groups is 2. The molecule has 4 aromatic rings. The lowest BCUT2D eigenvalue weighted by Crippen LogP contribution is -2.28. The van der Waals surface area contributed by atoms with E-state index in [4.69, 9.17) is 29.0 Å². The summed E-state index contributed by atoms with van der Waals surface area (Å²) < 4.78 is 25.7. The van der Waals surface area contributed by atoms with Crippen LogP contribution < -0.4 is 24.3 Å². The molecule has 55 heavy (non-hydrogen) atoms. The number of fused-ring (bicyclic) bond motifs is 2. The van der Waals surface area contributed by atoms with Gasteiger partial charge in [-0.2, -0.15) is 50.5 Å². The Morgan fingerprint density at radius 2 is 1.33 bits per heavy atom. The van der Waals surface area contributed by atoms with Crippen molar-refractivity contribution >= 4 is 78.3 Å². The first-order chi connectivity index (χ1) is 25.2. The van der Waals surface area contributed by atoms with Crippen LogP contribution in [-0.4, -0.2) is 64.7 Å². The van der Waals surface area contributed by atoms with Crippen LogP contribution in [0.5, 0.6) is 23.5 Å². The van der Waals surface area contributed by atoms with Gasteiger partial charge in [0.05, 0.1) is 35.7 Å². The van der Waals surface area contributed by atoms with Crippen LogP contribution in [0.25, 0.3) is 11.1 Å². The summed E-state index contributed by atoms with van der Waals surface area (Å²) in [5.41, 5.74) is 8.96. The minimum absolute atomic E-state index is 0. The lowest BCUT2D eigenvalue weighted by Gasteiger charge is -2.19. The molecule has 0 aliphatic heterocycles. The maximum Gasteiger partial charge on any atom is 0.306 e. The van der Waals surface area contributed by atoms with E-state index in [1.54, 1.807) is 7.11 Å². The monoisotopic (exact) mass is 941 g/mol. The molecule has 0 spiro atoms. The average Bonchev–Trinajstić information content (AvgIpc) is 3.74. The van der Waals surface area contributed by atoms with E-state index in [2.05, 4.69) is 78.6 Å². The van der Waals surface area contributed by atoms with Crippen LogP contribution in [-0.2, 0) is 30.6 Å². The molecule has 0 bridgehead atoms. The SMILES string of the molecule is COc1nc(O[C@H]2CCc3c(-c4cccc5c4CC[C@@H]5Oc4nc(OC)c(CNC[C@@H](O)CC(=O)O)cc4Br)cccc32)c(Br)cc1CCCCO.S.S.S. The second-order valence-electron chi connectivity index (χ2n) is 13.0. The Bertz CT molecular complexity index is 1930. The van der Waals surface area contributed by atoms with E-state index < -0.39 is 12.1 Å². The highest BCUT2D eigenvalue weighted by atomic mass is 79.9. The van der Waals surface area contributed by atoms with Gasteiger partial charge in [0.25, 0.3) is 0 Å². The predicted molar refractivity (Wildman–Crippen MR) is 233 cm³/mol. The highest BCUT2D eigenvalue weighted by Gasteiger charge is 2.32. The van der Waals surface area contributed by atoms with E-state index in [9.17, 15) is 15.0 Å². The normalized spacial score (nSPS) is 15.7. The molecule has 11 nitrogen and oxygen atoms in total. The number of nitrogens with one attached hydrogen (secondary N) is 1. The Kier molecular flexibility index (Phi) is 18.4.